The summed E-state index contributed by atoms with van der Waals surface area (Å²) in [6, 6.07) is 4.08. The molecule has 0 saturated carbocycles. The number of aliphatic hydroxyl groups excluding tert-OH is 1. The van der Waals surface area contributed by atoms with E-state index in [0.717, 1.165) is 0 Å². The third-order valence-corrected chi connectivity index (χ3v) is 3.01. The van der Waals surface area contributed by atoms with Crippen LogP contribution in [0.2, 0.25) is 0 Å². The Morgan fingerprint density at radius 2 is 2.13 bits per heavy atom. The molecule has 3 N–H and O–H groups in total. The van der Waals surface area contributed by atoms with E-state index in [2.05, 4.69) is 15.9 Å². The van der Waals surface area contributed by atoms with Crippen LogP contribution in [0, 0.1) is 5.82 Å². The maximum atomic E-state index is 13.1. The van der Waals surface area contributed by atoms with Gasteiger partial charge in [-0.05, 0) is 34.0 Å². The molecular weight excluding hydrogens is 284 g/mol. The first-order valence-electron chi connectivity index (χ1n) is 4.45. The number of hydrogen-bond donors (Lipinski definition) is 2. The molecule has 0 fully saturated rings. The smallest absolute Gasteiger partial charge is 0.137 e. The standard InChI is InChI=1S/C10H13BrFNO.ClH/c1-2-8(14)10(13)6-4-3-5-7(12)9(6)11;/h3-5,8,10,14H,2,13H2,1H3;1H/t8-,10+;/m0./s1. The average Bonchev–Trinajstić information content (AvgIpc) is 2.20. The maximum Gasteiger partial charge on any atom is 0.137 e. The van der Waals surface area contributed by atoms with E-state index in [9.17, 15) is 9.50 Å². The minimum atomic E-state index is -0.645. The molecule has 86 valence electrons. The van der Waals surface area contributed by atoms with Crippen LogP contribution in [0.4, 0.5) is 4.39 Å². The first kappa shape index (κ1) is 14.8. The van der Waals surface area contributed by atoms with Crippen LogP contribution in [0.3, 0.4) is 0 Å². The molecule has 0 aliphatic rings. The van der Waals surface area contributed by atoms with E-state index >= 15 is 0 Å². The molecule has 1 aromatic rings. The minimum absolute atomic E-state index is 0. The highest BCUT2D eigenvalue weighted by atomic mass is 79.9. The van der Waals surface area contributed by atoms with Gasteiger partial charge in [0.05, 0.1) is 16.6 Å². The highest BCUT2D eigenvalue weighted by molar-refractivity contribution is 9.10. The van der Waals surface area contributed by atoms with Crippen molar-refractivity contribution < 1.29 is 9.50 Å². The highest BCUT2D eigenvalue weighted by Crippen LogP contribution is 2.27. The molecule has 15 heavy (non-hydrogen) atoms. The summed E-state index contributed by atoms with van der Waals surface area (Å²) in [5.74, 6) is -0.360. The lowest BCUT2D eigenvalue weighted by molar-refractivity contribution is 0.140. The number of rotatable bonds is 3. The van der Waals surface area contributed by atoms with Gasteiger partial charge >= 0.3 is 0 Å². The van der Waals surface area contributed by atoms with Crippen molar-refractivity contribution in [3.8, 4) is 0 Å². The molecule has 1 aromatic carbocycles. The SMILES string of the molecule is CC[C@H](O)[C@H](N)c1cccc(F)c1Br.Cl. The lowest BCUT2D eigenvalue weighted by Crippen LogP contribution is -2.25. The van der Waals surface area contributed by atoms with Crippen LogP contribution < -0.4 is 5.73 Å². The van der Waals surface area contributed by atoms with Gasteiger partial charge in [0, 0.05) is 0 Å². The van der Waals surface area contributed by atoms with Crippen molar-refractivity contribution >= 4 is 28.3 Å². The fraction of sp³-hybridized carbons (Fsp3) is 0.400. The number of hydrogen-bond acceptors (Lipinski definition) is 2. The van der Waals surface area contributed by atoms with E-state index in [0.29, 0.717) is 16.5 Å². The first-order valence-corrected chi connectivity index (χ1v) is 5.24. The Kier molecular flexibility index (Phi) is 6.36. The Labute approximate surface area is 103 Å². The zero-order valence-electron chi connectivity index (χ0n) is 8.28. The maximum absolute atomic E-state index is 13.1. The van der Waals surface area contributed by atoms with Gasteiger partial charge in [-0.3, -0.25) is 0 Å². The molecule has 0 unspecified atom stereocenters. The van der Waals surface area contributed by atoms with Crippen LogP contribution in [0.1, 0.15) is 24.9 Å². The normalized spacial score (nSPS) is 14.2. The summed E-state index contributed by atoms with van der Waals surface area (Å²) < 4.78 is 13.5. The molecule has 0 spiro atoms. The van der Waals surface area contributed by atoms with E-state index in [1.807, 2.05) is 6.92 Å². The lowest BCUT2D eigenvalue weighted by Gasteiger charge is -2.18. The van der Waals surface area contributed by atoms with Crippen LogP contribution in [0.25, 0.3) is 0 Å². The fourth-order valence-corrected chi connectivity index (χ4v) is 1.77. The molecule has 0 aliphatic carbocycles. The summed E-state index contributed by atoms with van der Waals surface area (Å²) in [5.41, 5.74) is 6.37. The number of halogens is 3. The van der Waals surface area contributed by atoms with Gasteiger partial charge in [0.2, 0.25) is 0 Å². The van der Waals surface area contributed by atoms with Gasteiger partial charge in [-0.25, -0.2) is 4.39 Å². The van der Waals surface area contributed by atoms with E-state index < -0.39 is 12.1 Å². The molecule has 5 heteroatoms. The van der Waals surface area contributed by atoms with Crippen molar-refractivity contribution in [3.63, 3.8) is 0 Å². The summed E-state index contributed by atoms with van der Waals surface area (Å²) in [6.45, 7) is 1.83. The van der Waals surface area contributed by atoms with Gasteiger partial charge < -0.3 is 10.8 Å². The van der Waals surface area contributed by atoms with Crippen LogP contribution in [0.5, 0.6) is 0 Å². The van der Waals surface area contributed by atoms with Crippen molar-refractivity contribution in [3.05, 3.63) is 34.1 Å². The lowest BCUT2D eigenvalue weighted by atomic mass is 10.0. The van der Waals surface area contributed by atoms with Crippen molar-refractivity contribution in [1.82, 2.24) is 0 Å². The average molecular weight is 299 g/mol. The molecule has 0 aliphatic heterocycles. The summed E-state index contributed by atoms with van der Waals surface area (Å²) in [5, 5.41) is 9.53. The number of aliphatic hydroxyl groups is 1. The van der Waals surface area contributed by atoms with Gasteiger partial charge in [0.25, 0.3) is 0 Å². The Balaban J connectivity index is 0.00000196. The van der Waals surface area contributed by atoms with Gasteiger partial charge in [-0.1, -0.05) is 19.1 Å². The number of nitrogens with two attached hydrogens (primary N) is 1. The third kappa shape index (κ3) is 3.41. The van der Waals surface area contributed by atoms with Crippen molar-refractivity contribution in [2.75, 3.05) is 0 Å². The Morgan fingerprint density at radius 1 is 1.53 bits per heavy atom. The van der Waals surface area contributed by atoms with Crippen molar-refractivity contribution in [2.45, 2.75) is 25.5 Å². The Morgan fingerprint density at radius 3 is 2.67 bits per heavy atom. The molecule has 0 aromatic heterocycles. The second-order valence-electron chi connectivity index (χ2n) is 3.14. The predicted molar refractivity (Wildman–Crippen MR) is 64.6 cm³/mol. The molecule has 2 atom stereocenters. The molecular formula is C10H14BrClFNO. The minimum Gasteiger partial charge on any atom is -0.391 e. The summed E-state index contributed by atoms with van der Waals surface area (Å²) in [7, 11) is 0. The molecule has 0 heterocycles. The molecule has 0 radical (unpaired) electrons. The molecule has 0 amide bonds. The second-order valence-corrected chi connectivity index (χ2v) is 3.94. The van der Waals surface area contributed by atoms with Gasteiger partial charge in [-0.15, -0.1) is 12.4 Å². The van der Waals surface area contributed by atoms with Crippen LogP contribution in [0.15, 0.2) is 22.7 Å². The molecule has 2 nitrogen and oxygen atoms in total. The summed E-state index contributed by atoms with van der Waals surface area (Å²) >= 11 is 3.11. The van der Waals surface area contributed by atoms with Gasteiger partial charge in [0.1, 0.15) is 5.82 Å². The van der Waals surface area contributed by atoms with Crippen LogP contribution >= 0.6 is 28.3 Å². The van der Waals surface area contributed by atoms with E-state index in [1.165, 1.54) is 6.07 Å². The Bertz CT molecular complexity index is 324. The van der Waals surface area contributed by atoms with E-state index in [4.69, 9.17) is 5.73 Å². The van der Waals surface area contributed by atoms with Crippen LogP contribution in [-0.4, -0.2) is 11.2 Å². The van der Waals surface area contributed by atoms with Crippen LogP contribution in [-0.2, 0) is 0 Å². The number of benzene rings is 1. The quantitative estimate of drug-likeness (QED) is 0.901. The Hall–Kier alpha value is -0.160. The van der Waals surface area contributed by atoms with E-state index in [-0.39, 0.29) is 18.2 Å². The molecule has 0 saturated heterocycles. The van der Waals surface area contributed by atoms with Gasteiger partial charge in [-0.2, -0.15) is 0 Å². The first-order chi connectivity index (χ1) is 6.57. The zero-order chi connectivity index (χ0) is 10.7. The molecule has 0 bridgehead atoms. The second kappa shape index (κ2) is 6.43. The monoisotopic (exact) mass is 297 g/mol. The van der Waals surface area contributed by atoms with Gasteiger partial charge in [0.15, 0.2) is 0 Å². The topological polar surface area (TPSA) is 46.2 Å². The largest absolute Gasteiger partial charge is 0.391 e. The zero-order valence-corrected chi connectivity index (χ0v) is 10.7. The highest BCUT2D eigenvalue weighted by Gasteiger charge is 2.18. The fourth-order valence-electron chi connectivity index (χ4n) is 1.24. The third-order valence-electron chi connectivity index (χ3n) is 2.17. The van der Waals surface area contributed by atoms with Crippen molar-refractivity contribution in [2.24, 2.45) is 5.73 Å². The molecule has 1 rings (SSSR count). The van der Waals surface area contributed by atoms with E-state index in [1.54, 1.807) is 12.1 Å². The summed E-state index contributed by atoms with van der Waals surface area (Å²) in [4.78, 5) is 0. The summed E-state index contributed by atoms with van der Waals surface area (Å²) in [6.07, 6.45) is -0.0995. The van der Waals surface area contributed by atoms with Crippen molar-refractivity contribution in [1.29, 1.82) is 0 Å². The predicted octanol–water partition coefficient (Wildman–Crippen LogP) is 2.78.